The van der Waals surface area contributed by atoms with E-state index in [2.05, 4.69) is 16.1 Å². The number of hydrogen-bond acceptors (Lipinski definition) is 4. The van der Waals surface area contributed by atoms with Crippen molar-refractivity contribution in [1.82, 2.24) is 0 Å². The highest BCUT2D eigenvalue weighted by Gasteiger charge is 3.01. The first kappa shape index (κ1) is 26.3. The fraction of sp³-hybridized carbons (Fsp3) is 0.769. The minimum Gasteiger partial charge on any atom is -0.415 e. The molecule has 4 nitrogen and oxygen atoms in total. The first-order valence-corrected chi connectivity index (χ1v) is 7.21. The summed E-state index contributed by atoms with van der Waals surface area (Å²) >= 11 is 0. The van der Waals surface area contributed by atoms with Crippen LogP contribution in [0.5, 0.6) is 0 Å². The van der Waals surface area contributed by atoms with Gasteiger partial charge in [-0.15, -0.1) is 0 Å². The molecule has 0 radical (unpaired) electrons. The highest BCUT2D eigenvalue weighted by atomic mass is 19.4. The van der Waals surface area contributed by atoms with Gasteiger partial charge < -0.3 is 14.6 Å². The molecule has 0 bridgehead atoms. The molecule has 1 saturated heterocycles. The first-order valence-electron chi connectivity index (χ1n) is 7.21. The van der Waals surface area contributed by atoms with Crippen LogP contribution in [0.2, 0.25) is 0 Å². The number of halogens is 13. The van der Waals surface area contributed by atoms with Gasteiger partial charge in [0.2, 0.25) is 5.60 Å². The van der Waals surface area contributed by atoms with Gasteiger partial charge in [-0.2, -0.15) is 57.1 Å². The van der Waals surface area contributed by atoms with Crippen LogP contribution in [-0.4, -0.2) is 58.4 Å². The molecule has 1 rings (SSSR count). The Morgan fingerprint density at radius 2 is 1.37 bits per heavy atom. The van der Waals surface area contributed by atoms with Crippen LogP contribution in [0.4, 0.5) is 57.1 Å². The monoisotopic (exact) mass is 476 g/mol. The maximum Gasteiger partial charge on any atom is 0.462 e. The van der Waals surface area contributed by atoms with Crippen LogP contribution in [-0.2, 0) is 14.3 Å². The zero-order valence-electron chi connectivity index (χ0n) is 14.1. The number of carbonyl (C=O) groups is 1. The van der Waals surface area contributed by atoms with Gasteiger partial charge in [-0.3, -0.25) is 0 Å². The largest absolute Gasteiger partial charge is 0.462 e. The molecule has 0 aromatic rings. The zero-order chi connectivity index (χ0) is 24.4. The molecule has 17 heteroatoms. The summed E-state index contributed by atoms with van der Waals surface area (Å²) in [5.74, 6) is -24.0. The van der Waals surface area contributed by atoms with Gasteiger partial charge in [-0.25, -0.2) is 4.79 Å². The zero-order valence-corrected chi connectivity index (χ0v) is 14.1. The van der Waals surface area contributed by atoms with Crippen LogP contribution < -0.4 is 0 Å². The molecule has 1 aliphatic rings. The molecule has 0 saturated carbocycles. The number of hydrogen-bond donors (Lipinski definition) is 1. The van der Waals surface area contributed by atoms with E-state index in [-0.39, 0.29) is 6.92 Å². The van der Waals surface area contributed by atoms with Gasteiger partial charge >= 0.3 is 42.1 Å². The lowest BCUT2D eigenvalue weighted by atomic mass is 9.69. The quantitative estimate of drug-likeness (QED) is 0.376. The molecule has 0 aromatic carbocycles. The van der Waals surface area contributed by atoms with Crippen molar-refractivity contribution in [2.45, 2.75) is 60.7 Å². The topological polar surface area (TPSA) is 55.8 Å². The number of carbonyl (C=O) groups excluding carboxylic acids is 1. The Morgan fingerprint density at radius 1 is 0.933 bits per heavy atom. The molecule has 0 amide bonds. The second-order valence-electron chi connectivity index (χ2n) is 5.88. The average Bonchev–Trinajstić information content (AvgIpc) is 2.52. The van der Waals surface area contributed by atoms with Crippen molar-refractivity contribution < 1.29 is 76.5 Å². The third-order valence-electron chi connectivity index (χ3n) is 4.30. The highest BCUT2D eigenvalue weighted by molar-refractivity contribution is 5.81. The van der Waals surface area contributed by atoms with E-state index in [9.17, 15) is 67.0 Å². The second kappa shape index (κ2) is 6.61. The van der Waals surface area contributed by atoms with Crippen LogP contribution in [0.1, 0.15) is 13.3 Å². The maximum atomic E-state index is 14.5. The smallest absolute Gasteiger partial charge is 0.415 e. The van der Waals surface area contributed by atoms with Gasteiger partial charge in [-0.1, -0.05) is 13.5 Å². The van der Waals surface area contributed by atoms with E-state index in [0.29, 0.717) is 0 Å². The predicted octanol–water partition coefficient (Wildman–Crippen LogP) is 4.28. The Morgan fingerprint density at radius 3 is 1.63 bits per heavy atom. The maximum absolute atomic E-state index is 14.5. The molecular formula is C13H9F13O4. The minimum absolute atomic E-state index is 0.0852. The molecule has 1 heterocycles. The molecule has 0 spiro atoms. The second-order valence-corrected chi connectivity index (χ2v) is 5.88. The summed E-state index contributed by atoms with van der Waals surface area (Å²) < 4.78 is 184. The van der Waals surface area contributed by atoms with Crippen molar-refractivity contribution >= 4 is 5.97 Å². The van der Waals surface area contributed by atoms with Crippen LogP contribution in [0, 0.1) is 0 Å². The molecule has 0 aliphatic carbocycles. The SMILES string of the molecule is C=CC(=O)OC1(C(F)(F)F)OC(CC)(C(F)(F)F)C(F)(F)C(O)(C(F)(F)F)C1(F)F. The van der Waals surface area contributed by atoms with E-state index in [0.717, 1.165) is 0 Å². The van der Waals surface area contributed by atoms with Crippen LogP contribution in [0.25, 0.3) is 0 Å². The third kappa shape index (κ3) is 2.80. The van der Waals surface area contributed by atoms with E-state index < -0.39 is 65.8 Å². The number of esters is 1. The van der Waals surface area contributed by atoms with Gasteiger partial charge in [0.15, 0.2) is 0 Å². The van der Waals surface area contributed by atoms with E-state index >= 15 is 0 Å². The minimum atomic E-state index is -7.54. The van der Waals surface area contributed by atoms with E-state index in [1.165, 1.54) is 0 Å². The Hall–Kier alpha value is -1.78. The summed E-state index contributed by atoms with van der Waals surface area (Å²) in [4.78, 5) is 11.1. The number of alkyl halides is 13. The van der Waals surface area contributed by atoms with Crippen LogP contribution in [0.15, 0.2) is 12.7 Å². The first-order chi connectivity index (χ1) is 13.0. The summed E-state index contributed by atoms with van der Waals surface area (Å²) in [5, 5.41) is 9.26. The number of ether oxygens (including phenoxy) is 2. The lowest BCUT2D eigenvalue weighted by Crippen LogP contribution is -2.90. The Balaban J connectivity index is 4.31. The molecule has 1 fully saturated rings. The standard InChI is InChI=1S/C13H9F13O4/c1-3-5(27)29-10(13(24,25)26)9(16,17)7(28,12(21,22)23)8(14,15)6(4-2,30-10)11(18,19)20/h3,28H,1,4H2,2H3. The Kier molecular flexibility index (Phi) is 5.78. The summed E-state index contributed by atoms with van der Waals surface area (Å²) in [6, 6.07) is 0. The van der Waals surface area contributed by atoms with Crippen molar-refractivity contribution in [3.8, 4) is 0 Å². The van der Waals surface area contributed by atoms with Crippen molar-refractivity contribution in [2.75, 3.05) is 0 Å². The average molecular weight is 476 g/mol. The van der Waals surface area contributed by atoms with Gasteiger partial charge in [0.05, 0.1) is 0 Å². The highest BCUT2D eigenvalue weighted by Crippen LogP contribution is 2.69. The number of aliphatic hydroxyl groups is 1. The molecule has 1 aliphatic heterocycles. The van der Waals surface area contributed by atoms with Gasteiger partial charge in [-0.05, 0) is 6.42 Å². The summed E-state index contributed by atoms with van der Waals surface area (Å²) in [5.41, 5.74) is -13.4. The van der Waals surface area contributed by atoms with E-state index in [1.54, 1.807) is 0 Å². The summed E-state index contributed by atoms with van der Waals surface area (Å²) in [6.07, 6.45) is -24.6. The normalized spacial score (nSPS) is 34.4. The lowest BCUT2D eigenvalue weighted by Gasteiger charge is -2.59. The van der Waals surface area contributed by atoms with Crippen LogP contribution in [0.3, 0.4) is 0 Å². The third-order valence-corrected chi connectivity index (χ3v) is 4.30. The molecule has 1 N–H and O–H groups in total. The van der Waals surface area contributed by atoms with Gasteiger partial charge in [0.1, 0.15) is 0 Å². The molecule has 3 atom stereocenters. The lowest BCUT2D eigenvalue weighted by molar-refractivity contribution is -0.578. The van der Waals surface area contributed by atoms with Gasteiger partial charge in [0, 0.05) is 6.08 Å². The summed E-state index contributed by atoms with van der Waals surface area (Å²) in [7, 11) is 0. The molecule has 30 heavy (non-hydrogen) atoms. The van der Waals surface area contributed by atoms with Crippen molar-refractivity contribution in [2.24, 2.45) is 0 Å². The predicted molar refractivity (Wildman–Crippen MR) is 66.1 cm³/mol. The fourth-order valence-corrected chi connectivity index (χ4v) is 2.75. The molecule has 176 valence electrons. The van der Waals surface area contributed by atoms with Crippen molar-refractivity contribution in [3.63, 3.8) is 0 Å². The van der Waals surface area contributed by atoms with E-state index in [4.69, 9.17) is 0 Å². The molecule has 3 unspecified atom stereocenters. The number of rotatable bonds is 3. The Bertz CT molecular complexity index is 709. The van der Waals surface area contributed by atoms with Gasteiger partial charge in [0.25, 0.3) is 5.60 Å². The molecular weight excluding hydrogens is 467 g/mol. The fourth-order valence-electron chi connectivity index (χ4n) is 2.75. The van der Waals surface area contributed by atoms with Crippen molar-refractivity contribution in [1.29, 1.82) is 0 Å². The molecule has 0 aromatic heterocycles. The summed E-state index contributed by atoms with van der Waals surface area (Å²) in [6.45, 7) is 2.32. The Labute approximate surface area is 157 Å². The van der Waals surface area contributed by atoms with Crippen LogP contribution >= 0.6 is 0 Å². The van der Waals surface area contributed by atoms with E-state index in [1.807, 2.05) is 0 Å². The van der Waals surface area contributed by atoms with Crippen molar-refractivity contribution in [3.05, 3.63) is 12.7 Å².